The van der Waals surface area contributed by atoms with Gasteiger partial charge in [-0.2, -0.15) is 13.2 Å². The van der Waals surface area contributed by atoms with Crippen LogP contribution in [-0.2, 0) is 6.42 Å². The Labute approximate surface area is 123 Å². The quantitative estimate of drug-likeness (QED) is 0.264. The lowest BCUT2D eigenvalue weighted by molar-refractivity contribution is -0.0652. The van der Waals surface area contributed by atoms with Gasteiger partial charge >= 0.3 is 6.18 Å². The zero-order chi connectivity index (χ0) is 14.5. The maximum absolute atomic E-state index is 12.8. The first-order chi connectivity index (χ1) is 8.90. The molecule has 0 heterocycles. The predicted octanol–water partition coefficient (Wildman–Crippen LogP) is 4.42. The van der Waals surface area contributed by atoms with Gasteiger partial charge in [0.25, 0.3) is 0 Å². The van der Waals surface area contributed by atoms with E-state index in [1.807, 2.05) is 12.1 Å². The van der Waals surface area contributed by atoms with Gasteiger partial charge in [-0.25, -0.2) is 0 Å². The Morgan fingerprint density at radius 3 is 2.53 bits per heavy atom. The summed E-state index contributed by atoms with van der Waals surface area (Å²) in [4.78, 5) is 0. The number of rotatable bonds is 5. The molecule has 0 saturated carbocycles. The van der Waals surface area contributed by atoms with Crippen LogP contribution in [0.1, 0.15) is 12.0 Å². The molecule has 0 spiro atoms. The van der Waals surface area contributed by atoms with E-state index in [2.05, 4.69) is 34.3 Å². The number of allylic oxidation sites excluding steroid dienone is 1. The fraction of sp³-hybridized carbons (Fsp3) is 0.308. The molecule has 1 atom stereocenters. The second-order valence-corrected chi connectivity index (χ2v) is 5.16. The van der Waals surface area contributed by atoms with Gasteiger partial charge in [-0.3, -0.25) is 0 Å². The molecule has 0 saturated heterocycles. The van der Waals surface area contributed by atoms with Crippen molar-refractivity contribution in [1.82, 2.24) is 0 Å². The summed E-state index contributed by atoms with van der Waals surface area (Å²) in [6.07, 6.45) is -2.98. The minimum atomic E-state index is -4.64. The summed E-state index contributed by atoms with van der Waals surface area (Å²) in [5.74, 6) is -0.932. The van der Waals surface area contributed by atoms with Gasteiger partial charge in [0.2, 0.25) is 0 Å². The Bertz CT molecular complexity index is 471. The van der Waals surface area contributed by atoms with E-state index >= 15 is 0 Å². The molecule has 0 aliphatic heterocycles. The molecule has 0 amide bonds. The first-order valence-corrected chi connectivity index (χ1v) is 6.61. The Kier molecular flexibility index (Phi) is 5.84. The molecule has 1 N–H and O–H groups in total. The SMILES string of the molecule is C=CCC(Cc1ccccc1I)/C(=N/O)C(F)(F)F. The summed E-state index contributed by atoms with van der Waals surface area (Å²) in [6.45, 7) is 3.46. The summed E-state index contributed by atoms with van der Waals surface area (Å²) >= 11 is 2.07. The van der Waals surface area contributed by atoms with Crippen LogP contribution in [0, 0.1) is 9.49 Å². The highest BCUT2D eigenvalue weighted by Gasteiger charge is 2.41. The Morgan fingerprint density at radius 2 is 2.05 bits per heavy atom. The van der Waals surface area contributed by atoms with Crippen LogP contribution in [0.2, 0.25) is 0 Å². The molecule has 0 aliphatic carbocycles. The fourth-order valence-corrected chi connectivity index (χ4v) is 2.40. The minimum absolute atomic E-state index is 0.101. The molecule has 0 aliphatic rings. The Hall–Kier alpha value is -1.05. The van der Waals surface area contributed by atoms with Crippen molar-refractivity contribution in [2.45, 2.75) is 19.0 Å². The van der Waals surface area contributed by atoms with Crippen LogP contribution >= 0.6 is 22.6 Å². The highest BCUT2D eigenvalue weighted by molar-refractivity contribution is 14.1. The summed E-state index contributed by atoms with van der Waals surface area (Å²) in [7, 11) is 0. The molecule has 1 unspecified atom stereocenters. The van der Waals surface area contributed by atoms with E-state index in [1.165, 1.54) is 6.08 Å². The lowest BCUT2D eigenvalue weighted by Gasteiger charge is -2.19. The van der Waals surface area contributed by atoms with E-state index in [9.17, 15) is 13.2 Å². The Morgan fingerprint density at radius 1 is 1.42 bits per heavy atom. The molecule has 0 aromatic heterocycles. The van der Waals surface area contributed by atoms with Gasteiger partial charge in [0.1, 0.15) is 0 Å². The van der Waals surface area contributed by atoms with Gasteiger partial charge < -0.3 is 5.21 Å². The monoisotopic (exact) mass is 383 g/mol. The van der Waals surface area contributed by atoms with Crippen molar-refractivity contribution >= 4 is 28.3 Å². The molecular formula is C13H13F3INO. The number of hydrogen-bond donors (Lipinski definition) is 1. The van der Waals surface area contributed by atoms with Crippen LogP contribution in [0.4, 0.5) is 13.2 Å². The van der Waals surface area contributed by atoms with E-state index < -0.39 is 17.8 Å². The van der Waals surface area contributed by atoms with Crippen LogP contribution < -0.4 is 0 Å². The van der Waals surface area contributed by atoms with Gasteiger partial charge in [0, 0.05) is 9.49 Å². The maximum Gasteiger partial charge on any atom is 0.433 e. The molecule has 1 rings (SSSR count). The van der Waals surface area contributed by atoms with Crippen LogP contribution in [0.3, 0.4) is 0 Å². The van der Waals surface area contributed by atoms with Crippen LogP contribution in [0.25, 0.3) is 0 Å². The van der Waals surface area contributed by atoms with Crippen LogP contribution in [0.5, 0.6) is 0 Å². The molecular weight excluding hydrogens is 370 g/mol. The summed E-state index contributed by atoms with van der Waals surface area (Å²) in [6, 6.07) is 7.18. The molecule has 0 bridgehead atoms. The third kappa shape index (κ3) is 4.52. The lowest BCUT2D eigenvalue weighted by Crippen LogP contribution is -2.32. The second kappa shape index (κ2) is 6.93. The zero-order valence-electron chi connectivity index (χ0n) is 9.99. The first kappa shape index (κ1) is 16.0. The topological polar surface area (TPSA) is 32.6 Å². The molecule has 104 valence electrons. The van der Waals surface area contributed by atoms with E-state index in [4.69, 9.17) is 5.21 Å². The van der Waals surface area contributed by atoms with Crippen LogP contribution in [-0.4, -0.2) is 17.1 Å². The van der Waals surface area contributed by atoms with Crippen LogP contribution in [0.15, 0.2) is 42.1 Å². The highest BCUT2D eigenvalue weighted by Crippen LogP contribution is 2.28. The predicted molar refractivity (Wildman–Crippen MR) is 76.4 cm³/mol. The number of oxime groups is 1. The fourth-order valence-electron chi connectivity index (χ4n) is 1.79. The number of halogens is 4. The van der Waals surface area contributed by atoms with E-state index in [0.29, 0.717) is 0 Å². The smallest absolute Gasteiger partial charge is 0.411 e. The molecule has 0 fully saturated rings. The standard InChI is InChI=1S/C13H13F3INO/c1-2-5-10(12(18-19)13(14,15)16)8-9-6-3-4-7-11(9)17/h2-4,6-7,10,19H,1,5,8H2/b18-12-. The van der Waals surface area contributed by atoms with Crippen molar-refractivity contribution in [1.29, 1.82) is 0 Å². The van der Waals surface area contributed by atoms with Gasteiger partial charge in [0.15, 0.2) is 5.71 Å². The summed E-state index contributed by atoms with van der Waals surface area (Å²) < 4.78 is 39.2. The summed E-state index contributed by atoms with van der Waals surface area (Å²) in [5, 5.41) is 11.1. The second-order valence-electron chi connectivity index (χ2n) is 4.00. The first-order valence-electron chi connectivity index (χ1n) is 5.53. The number of nitrogens with zero attached hydrogens (tertiary/aromatic N) is 1. The average molecular weight is 383 g/mol. The van der Waals surface area contributed by atoms with E-state index in [-0.39, 0.29) is 12.8 Å². The van der Waals surface area contributed by atoms with Gasteiger partial charge in [-0.05, 0) is 47.1 Å². The van der Waals surface area contributed by atoms with Gasteiger partial charge in [0.05, 0.1) is 0 Å². The maximum atomic E-state index is 12.8. The molecule has 1 aromatic carbocycles. The van der Waals surface area contributed by atoms with Crippen molar-refractivity contribution in [2.75, 3.05) is 0 Å². The Balaban J connectivity index is 3.02. The highest BCUT2D eigenvalue weighted by atomic mass is 127. The minimum Gasteiger partial charge on any atom is -0.411 e. The number of benzene rings is 1. The number of alkyl halides is 3. The molecule has 6 heteroatoms. The van der Waals surface area contributed by atoms with Crippen molar-refractivity contribution < 1.29 is 18.4 Å². The lowest BCUT2D eigenvalue weighted by atomic mass is 9.91. The van der Waals surface area contributed by atoms with Gasteiger partial charge in [-0.1, -0.05) is 29.4 Å². The largest absolute Gasteiger partial charge is 0.433 e. The van der Waals surface area contributed by atoms with Crippen molar-refractivity contribution in [2.24, 2.45) is 11.1 Å². The van der Waals surface area contributed by atoms with Crippen molar-refractivity contribution in [3.8, 4) is 0 Å². The number of hydrogen-bond acceptors (Lipinski definition) is 2. The normalized spacial score (nSPS) is 14.2. The third-order valence-electron chi connectivity index (χ3n) is 2.66. The van der Waals surface area contributed by atoms with Gasteiger partial charge in [-0.15, -0.1) is 6.58 Å². The average Bonchev–Trinajstić information content (AvgIpc) is 2.31. The molecule has 1 aromatic rings. The van der Waals surface area contributed by atoms with E-state index in [1.54, 1.807) is 12.1 Å². The molecule has 0 radical (unpaired) electrons. The summed E-state index contributed by atoms with van der Waals surface area (Å²) in [5.41, 5.74) is -0.368. The molecule has 2 nitrogen and oxygen atoms in total. The van der Waals surface area contributed by atoms with Crippen molar-refractivity contribution in [3.63, 3.8) is 0 Å². The third-order valence-corrected chi connectivity index (χ3v) is 3.71. The van der Waals surface area contributed by atoms with Crippen molar-refractivity contribution in [3.05, 3.63) is 46.1 Å². The molecule has 19 heavy (non-hydrogen) atoms. The van der Waals surface area contributed by atoms with E-state index in [0.717, 1.165) is 9.13 Å². The zero-order valence-corrected chi connectivity index (χ0v) is 12.1.